The lowest BCUT2D eigenvalue weighted by atomic mass is 9.94. The summed E-state index contributed by atoms with van der Waals surface area (Å²) in [5.74, 6) is -1.27. The van der Waals surface area contributed by atoms with Crippen molar-refractivity contribution in [2.45, 2.75) is 13.0 Å². The van der Waals surface area contributed by atoms with Crippen molar-refractivity contribution in [2.75, 3.05) is 4.90 Å². The number of rotatable bonds is 4. The Morgan fingerprint density at radius 1 is 1.00 bits per heavy atom. The molecule has 0 radical (unpaired) electrons. The molecule has 1 aliphatic heterocycles. The summed E-state index contributed by atoms with van der Waals surface area (Å²) >= 11 is 11.7. The first kappa shape index (κ1) is 22.2. The molecule has 1 N–H and O–H groups in total. The number of halogens is 3. The fraction of sp³-hybridized carbons (Fsp3) is 0.0800. The Hall–Kier alpha value is -3.62. The van der Waals surface area contributed by atoms with Gasteiger partial charge in [-0.15, -0.1) is 0 Å². The smallest absolute Gasteiger partial charge is 0.258 e. The average molecular weight is 495 g/mol. The van der Waals surface area contributed by atoms with Crippen molar-refractivity contribution >= 4 is 40.2 Å². The maximum Gasteiger partial charge on any atom is 0.258 e. The summed E-state index contributed by atoms with van der Waals surface area (Å²) in [4.78, 5) is 6.24. The van der Waals surface area contributed by atoms with Crippen LogP contribution in [0.15, 0.2) is 83.0 Å². The highest BCUT2D eigenvalue weighted by Gasteiger charge is 2.35. The van der Waals surface area contributed by atoms with Gasteiger partial charge in [-0.2, -0.15) is 4.98 Å². The Bertz CT molecular complexity index is 1420. The van der Waals surface area contributed by atoms with Crippen molar-refractivity contribution in [3.8, 4) is 11.4 Å². The Morgan fingerprint density at radius 3 is 2.53 bits per heavy atom. The Kier molecular flexibility index (Phi) is 5.85. The number of anilines is 1. The monoisotopic (exact) mass is 494 g/mol. The second kappa shape index (κ2) is 8.96. The minimum atomic E-state index is -0.971. The molecule has 0 spiro atoms. The number of thiocarbonyl (C=S) groups is 1. The third kappa shape index (κ3) is 4.06. The quantitative estimate of drug-likeness (QED) is 0.325. The highest BCUT2D eigenvalue weighted by molar-refractivity contribution is 7.80. The van der Waals surface area contributed by atoms with Gasteiger partial charge >= 0.3 is 0 Å². The van der Waals surface area contributed by atoms with E-state index in [-0.39, 0.29) is 5.89 Å². The van der Waals surface area contributed by atoms with Gasteiger partial charge in [-0.25, -0.2) is 8.78 Å². The minimum Gasteiger partial charge on any atom is -0.351 e. The van der Waals surface area contributed by atoms with Gasteiger partial charge in [0.25, 0.3) is 5.89 Å². The molecular formula is C25H17ClF2N4OS. The van der Waals surface area contributed by atoms with Crippen molar-refractivity contribution in [3.63, 3.8) is 0 Å². The highest BCUT2D eigenvalue weighted by Crippen LogP contribution is 2.39. The summed E-state index contributed by atoms with van der Waals surface area (Å²) in [5.41, 5.74) is 3.29. The lowest BCUT2D eigenvalue weighted by Crippen LogP contribution is -2.46. The van der Waals surface area contributed by atoms with E-state index in [9.17, 15) is 8.78 Å². The fourth-order valence-corrected chi connectivity index (χ4v) is 4.48. The molecule has 0 bridgehead atoms. The molecule has 1 atom stereocenters. The zero-order valence-corrected chi connectivity index (χ0v) is 19.4. The van der Waals surface area contributed by atoms with E-state index in [1.807, 2.05) is 43.3 Å². The molecule has 1 aromatic heterocycles. The van der Waals surface area contributed by atoms with Crippen LogP contribution in [0.3, 0.4) is 0 Å². The maximum absolute atomic E-state index is 14.0. The largest absolute Gasteiger partial charge is 0.351 e. The molecule has 5 rings (SSSR count). The van der Waals surface area contributed by atoms with Crippen LogP contribution in [0, 0.1) is 11.6 Å². The molecule has 1 aliphatic rings. The third-order valence-corrected chi connectivity index (χ3v) is 6.05. The van der Waals surface area contributed by atoms with E-state index in [0.29, 0.717) is 38.5 Å². The van der Waals surface area contributed by atoms with Crippen molar-refractivity contribution in [2.24, 2.45) is 0 Å². The summed E-state index contributed by atoms with van der Waals surface area (Å²) in [7, 11) is 0. The minimum absolute atomic E-state index is 0.268. The molecule has 170 valence electrons. The molecule has 9 heteroatoms. The molecule has 5 nitrogen and oxygen atoms in total. The number of nitrogens with one attached hydrogen (secondary N) is 1. The molecule has 3 aromatic carbocycles. The predicted octanol–water partition coefficient (Wildman–Crippen LogP) is 6.54. The first-order chi connectivity index (χ1) is 16.4. The van der Waals surface area contributed by atoms with E-state index in [0.717, 1.165) is 17.7 Å². The Labute approximate surface area is 204 Å². The number of benzene rings is 3. The van der Waals surface area contributed by atoms with E-state index in [1.165, 1.54) is 6.07 Å². The van der Waals surface area contributed by atoms with Gasteiger partial charge in [0.2, 0.25) is 5.82 Å². The molecule has 0 fully saturated rings. The number of nitrogens with zero attached hydrogens (tertiary/aromatic N) is 3. The zero-order valence-electron chi connectivity index (χ0n) is 17.8. The number of hydrogen-bond donors (Lipinski definition) is 1. The van der Waals surface area contributed by atoms with Gasteiger partial charge in [-0.3, -0.25) is 4.90 Å². The maximum atomic E-state index is 14.0. The van der Waals surface area contributed by atoms with E-state index >= 15 is 0 Å². The van der Waals surface area contributed by atoms with Gasteiger partial charge in [0.05, 0.1) is 17.3 Å². The molecule has 4 aromatic rings. The first-order valence-corrected chi connectivity index (χ1v) is 11.1. The second-order valence-electron chi connectivity index (χ2n) is 7.66. The fourth-order valence-electron chi connectivity index (χ4n) is 3.93. The lowest BCUT2D eigenvalue weighted by Gasteiger charge is -2.37. The first-order valence-electron chi connectivity index (χ1n) is 10.3. The summed E-state index contributed by atoms with van der Waals surface area (Å²) in [6.45, 7) is 1.82. The van der Waals surface area contributed by atoms with Crippen LogP contribution in [-0.2, 0) is 0 Å². The van der Waals surface area contributed by atoms with Gasteiger partial charge in [-0.1, -0.05) is 59.2 Å². The van der Waals surface area contributed by atoms with E-state index in [4.69, 9.17) is 28.3 Å². The molecule has 0 saturated heterocycles. The summed E-state index contributed by atoms with van der Waals surface area (Å²) in [6, 6.07) is 20.0. The lowest BCUT2D eigenvalue weighted by molar-refractivity contribution is 0.404. The van der Waals surface area contributed by atoms with Gasteiger partial charge in [0.1, 0.15) is 0 Å². The van der Waals surface area contributed by atoms with E-state index in [1.54, 1.807) is 23.1 Å². The topological polar surface area (TPSA) is 54.2 Å². The normalized spacial score (nSPS) is 16.1. The van der Waals surface area contributed by atoms with Gasteiger partial charge in [0.15, 0.2) is 16.7 Å². The van der Waals surface area contributed by atoms with Crippen LogP contribution in [0.25, 0.3) is 17.0 Å². The molecule has 0 saturated carbocycles. The number of aromatic nitrogens is 2. The van der Waals surface area contributed by atoms with E-state index in [2.05, 4.69) is 15.5 Å². The average Bonchev–Trinajstić information content (AvgIpc) is 3.31. The Morgan fingerprint density at radius 2 is 1.79 bits per heavy atom. The number of hydrogen-bond acceptors (Lipinski definition) is 4. The number of allylic oxidation sites excluding steroid dienone is 1. The second-order valence-corrected chi connectivity index (χ2v) is 8.48. The molecule has 34 heavy (non-hydrogen) atoms. The van der Waals surface area contributed by atoms with Crippen LogP contribution in [-0.4, -0.2) is 15.3 Å². The van der Waals surface area contributed by atoms with Gasteiger partial charge in [0, 0.05) is 22.3 Å². The van der Waals surface area contributed by atoms with Crippen molar-refractivity contribution < 1.29 is 13.3 Å². The van der Waals surface area contributed by atoms with Crippen molar-refractivity contribution in [1.29, 1.82) is 0 Å². The van der Waals surface area contributed by atoms with Gasteiger partial charge in [-0.05, 0) is 49.0 Å². The summed E-state index contributed by atoms with van der Waals surface area (Å²) in [5, 5.41) is 8.31. The molecule has 1 unspecified atom stereocenters. The Balaban J connectivity index is 1.66. The van der Waals surface area contributed by atoms with Crippen LogP contribution in [0.5, 0.6) is 0 Å². The highest BCUT2D eigenvalue weighted by atomic mass is 35.5. The third-order valence-electron chi connectivity index (χ3n) is 5.52. The molecule has 2 heterocycles. The van der Waals surface area contributed by atoms with Crippen LogP contribution in [0.1, 0.15) is 24.4 Å². The van der Waals surface area contributed by atoms with Crippen LogP contribution >= 0.6 is 23.8 Å². The van der Waals surface area contributed by atoms with Crippen LogP contribution in [0.4, 0.5) is 14.5 Å². The molecule has 0 aliphatic carbocycles. The SMILES string of the molecule is CC1=C(c2nc(-c3cccc(Cl)c3)no2)C(c2ccccc2)NC(=S)N1c1ccc(F)c(F)c1. The molecule has 0 amide bonds. The summed E-state index contributed by atoms with van der Waals surface area (Å²) in [6.07, 6.45) is 0. The van der Waals surface area contributed by atoms with Crippen LogP contribution < -0.4 is 10.2 Å². The predicted molar refractivity (Wildman–Crippen MR) is 131 cm³/mol. The summed E-state index contributed by atoms with van der Waals surface area (Å²) < 4.78 is 33.3. The van der Waals surface area contributed by atoms with Crippen molar-refractivity contribution in [1.82, 2.24) is 15.5 Å². The van der Waals surface area contributed by atoms with Crippen LogP contribution in [0.2, 0.25) is 5.02 Å². The molecular weight excluding hydrogens is 478 g/mol. The standard InChI is InChI=1S/C25H17ClF2N4OS/c1-14-21(24-30-23(31-33-24)16-8-5-9-17(26)12-16)22(15-6-3-2-4-7-15)29-25(34)32(14)18-10-11-19(27)20(28)13-18/h2-13,22H,1H3,(H,29,34). The zero-order chi connectivity index (χ0) is 23.8. The van der Waals surface area contributed by atoms with Crippen molar-refractivity contribution in [3.05, 3.63) is 107 Å². The van der Waals surface area contributed by atoms with Gasteiger partial charge < -0.3 is 9.84 Å². The van der Waals surface area contributed by atoms with E-state index < -0.39 is 17.7 Å².